The first-order valence-corrected chi connectivity index (χ1v) is 21.4. The standard InChI is InChI=1S/C46H65N3O12/c1-28(2)37-25-47-42(60-43-41(58-33(7)53)40(57-32(6)52)39(56-31(5)51)38(59-43)26-55-30(4)50)36(37)24-35-15-14-34(23-29(35)3)13-11-12-19-48-20-16-46(17-21-48)18-22-49(27-46)44(54)61-45(8,9)10/h11,13-15,23,28,38-41,43H,12,16-22,24-27H2,1-10H3/b13-11+/t38-,39-,40+,41-,43+/m1/s1. The summed E-state index contributed by atoms with van der Waals surface area (Å²) in [6, 6.07) is 6.37. The van der Waals surface area contributed by atoms with E-state index in [1.54, 1.807) is 0 Å². The van der Waals surface area contributed by atoms with Crippen molar-refractivity contribution in [3.8, 4) is 0 Å². The number of nitrogens with zero attached hydrogens (tertiary/aromatic N) is 3. The van der Waals surface area contributed by atoms with E-state index < -0.39 is 60.2 Å². The topological polar surface area (TPSA) is 169 Å². The summed E-state index contributed by atoms with van der Waals surface area (Å²) in [4.78, 5) is 70.5. The van der Waals surface area contributed by atoms with Gasteiger partial charge < -0.3 is 43.0 Å². The van der Waals surface area contributed by atoms with Gasteiger partial charge in [-0.25, -0.2) is 9.79 Å². The lowest BCUT2D eigenvalue weighted by Crippen LogP contribution is -2.63. The molecule has 4 heterocycles. The van der Waals surface area contributed by atoms with Crippen LogP contribution >= 0.6 is 0 Å². The van der Waals surface area contributed by atoms with E-state index in [0.29, 0.717) is 13.0 Å². The number of ether oxygens (including phenoxy) is 7. The molecular weight excluding hydrogens is 787 g/mol. The SMILES string of the molecule is CC(=O)OC[C@H]1O[C@@H](OC2=NCC(C(C)C)=C2Cc2ccc(/C=C/CCN3CCC4(CC3)CCN(C(=O)OC(C)(C)C)C4)cc2C)[C@H](OC(C)=O)[C@@H](OC(C)=O)[C@@H]1OC(C)=O. The molecule has 61 heavy (non-hydrogen) atoms. The monoisotopic (exact) mass is 851 g/mol. The van der Waals surface area contributed by atoms with Crippen molar-refractivity contribution in [3.05, 3.63) is 52.1 Å². The largest absolute Gasteiger partial charge is 0.463 e. The fourth-order valence-corrected chi connectivity index (χ4v) is 8.47. The molecule has 1 amide bonds. The summed E-state index contributed by atoms with van der Waals surface area (Å²) in [5.74, 6) is -2.35. The second kappa shape index (κ2) is 20.4. The third kappa shape index (κ3) is 13.1. The van der Waals surface area contributed by atoms with Crippen molar-refractivity contribution < 1.29 is 57.1 Å². The highest BCUT2D eigenvalue weighted by molar-refractivity contribution is 5.97. The fourth-order valence-electron chi connectivity index (χ4n) is 8.47. The zero-order valence-electron chi connectivity index (χ0n) is 37.6. The Labute approximate surface area is 360 Å². The molecule has 15 heteroatoms. The molecule has 1 aromatic rings. The summed E-state index contributed by atoms with van der Waals surface area (Å²) in [7, 11) is 0. The predicted molar refractivity (Wildman–Crippen MR) is 226 cm³/mol. The zero-order chi connectivity index (χ0) is 44.6. The van der Waals surface area contributed by atoms with Gasteiger partial charge in [-0.05, 0) is 100 Å². The quantitative estimate of drug-likeness (QED) is 0.164. The third-order valence-electron chi connectivity index (χ3n) is 11.6. The molecule has 0 bridgehead atoms. The maximum atomic E-state index is 12.6. The van der Waals surface area contributed by atoms with Crippen LogP contribution in [0.2, 0.25) is 0 Å². The highest BCUT2D eigenvalue weighted by atomic mass is 16.7. The van der Waals surface area contributed by atoms with Crippen molar-refractivity contribution in [1.82, 2.24) is 9.80 Å². The van der Waals surface area contributed by atoms with Gasteiger partial charge in [-0.3, -0.25) is 19.2 Å². The minimum atomic E-state index is -1.38. The van der Waals surface area contributed by atoms with Crippen molar-refractivity contribution in [3.63, 3.8) is 0 Å². The second-order valence-corrected chi connectivity index (χ2v) is 18.0. The van der Waals surface area contributed by atoms with Gasteiger partial charge in [0.2, 0.25) is 18.3 Å². The van der Waals surface area contributed by atoms with E-state index in [-0.39, 0.29) is 29.9 Å². The Hall–Kier alpha value is -4.76. The van der Waals surface area contributed by atoms with Crippen LogP contribution in [0.1, 0.15) is 105 Å². The number of rotatable bonds is 13. The molecule has 1 spiro atoms. The van der Waals surface area contributed by atoms with Crippen LogP contribution in [0.4, 0.5) is 4.79 Å². The number of aliphatic imine (C=N–C) groups is 1. The van der Waals surface area contributed by atoms with Gasteiger partial charge in [0.25, 0.3) is 0 Å². The average Bonchev–Trinajstić information content (AvgIpc) is 3.76. The predicted octanol–water partition coefficient (Wildman–Crippen LogP) is 6.13. The lowest BCUT2D eigenvalue weighted by atomic mass is 9.78. The number of likely N-dealkylation sites (tertiary alicyclic amines) is 2. The van der Waals surface area contributed by atoms with Gasteiger partial charge >= 0.3 is 30.0 Å². The molecule has 336 valence electrons. The molecule has 5 atom stereocenters. The number of hydrogen-bond donors (Lipinski definition) is 0. The Morgan fingerprint density at radius 2 is 1.54 bits per heavy atom. The van der Waals surface area contributed by atoms with E-state index in [0.717, 1.165) is 86.2 Å². The molecule has 4 aliphatic rings. The van der Waals surface area contributed by atoms with Crippen LogP contribution in [0.15, 0.2) is 40.4 Å². The van der Waals surface area contributed by atoms with E-state index in [9.17, 15) is 24.0 Å². The van der Waals surface area contributed by atoms with Crippen molar-refractivity contribution in [2.45, 2.75) is 138 Å². The smallest absolute Gasteiger partial charge is 0.410 e. The van der Waals surface area contributed by atoms with Crippen molar-refractivity contribution >= 4 is 41.9 Å². The van der Waals surface area contributed by atoms with Gasteiger partial charge in [0.1, 0.15) is 18.3 Å². The van der Waals surface area contributed by atoms with E-state index >= 15 is 0 Å². The van der Waals surface area contributed by atoms with Gasteiger partial charge in [0.15, 0.2) is 12.2 Å². The lowest BCUT2D eigenvalue weighted by molar-refractivity contribution is -0.291. The Morgan fingerprint density at radius 3 is 2.15 bits per heavy atom. The molecule has 0 N–H and O–H groups in total. The summed E-state index contributed by atoms with van der Waals surface area (Å²) < 4.78 is 40.3. The van der Waals surface area contributed by atoms with Crippen molar-refractivity contribution in [2.24, 2.45) is 16.3 Å². The average molecular weight is 852 g/mol. The maximum absolute atomic E-state index is 12.6. The first kappa shape index (κ1) is 47.3. The lowest BCUT2D eigenvalue weighted by Gasteiger charge is -2.43. The summed E-state index contributed by atoms with van der Waals surface area (Å²) in [6.07, 6.45) is 2.30. The van der Waals surface area contributed by atoms with E-state index in [4.69, 9.17) is 38.2 Å². The van der Waals surface area contributed by atoms with Gasteiger partial charge in [-0.15, -0.1) is 0 Å². The molecule has 3 saturated heterocycles. The van der Waals surface area contributed by atoms with E-state index in [1.165, 1.54) is 27.7 Å². The number of benzene rings is 1. The summed E-state index contributed by atoms with van der Waals surface area (Å²) >= 11 is 0. The molecule has 15 nitrogen and oxygen atoms in total. The Morgan fingerprint density at radius 1 is 0.902 bits per heavy atom. The van der Waals surface area contributed by atoms with Crippen LogP contribution in [0, 0.1) is 18.3 Å². The summed E-state index contributed by atoms with van der Waals surface area (Å²) in [6.45, 7) is 21.3. The van der Waals surface area contributed by atoms with Crippen LogP contribution in [-0.4, -0.2) is 128 Å². The Balaban J connectivity index is 1.23. The number of hydrogen-bond acceptors (Lipinski definition) is 14. The van der Waals surface area contributed by atoms with Crippen molar-refractivity contribution in [2.75, 3.05) is 45.9 Å². The zero-order valence-corrected chi connectivity index (χ0v) is 37.6. The third-order valence-corrected chi connectivity index (χ3v) is 11.6. The number of amides is 1. The normalized spacial score (nSPS) is 24.2. The number of aryl methyl sites for hydroxylation is 1. The second-order valence-electron chi connectivity index (χ2n) is 18.0. The number of piperidine rings is 1. The van der Waals surface area contributed by atoms with Crippen molar-refractivity contribution in [1.29, 1.82) is 0 Å². The first-order chi connectivity index (χ1) is 28.7. The minimum Gasteiger partial charge on any atom is -0.463 e. The van der Waals surface area contributed by atoms with Gasteiger partial charge in [0.05, 0.1) is 6.54 Å². The van der Waals surface area contributed by atoms with Crippen LogP contribution in [-0.2, 0) is 58.8 Å². The molecular formula is C46H65N3O12. The van der Waals surface area contributed by atoms with E-state index in [1.807, 2.05) is 25.7 Å². The van der Waals surface area contributed by atoms with Gasteiger partial charge in [-0.2, -0.15) is 0 Å². The van der Waals surface area contributed by atoms with Gasteiger partial charge in [-0.1, -0.05) is 44.2 Å². The first-order valence-electron chi connectivity index (χ1n) is 21.4. The molecule has 0 aliphatic carbocycles. The Kier molecular flexibility index (Phi) is 15.8. The number of carbonyl (C=O) groups excluding carboxylic acids is 5. The maximum Gasteiger partial charge on any atom is 0.410 e. The fraction of sp³-hybridized carbons (Fsp3) is 0.652. The van der Waals surface area contributed by atoms with Crippen LogP contribution in [0.5, 0.6) is 0 Å². The molecule has 1 aromatic carbocycles. The molecule has 3 fully saturated rings. The molecule has 0 saturated carbocycles. The summed E-state index contributed by atoms with van der Waals surface area (Å²) in [5.41, 5.74) is 4.90. The molecule has 0 radical (unpaired) electrons. The molecule has 0 aromatic heterocycles. The Bertz CT molecular complexity index is 1870. The number of esters is 4. The molecule has 0 unspecified atom stereocenters. The molecule has 5 rings (SSSR count). The number of carbonyl (C=O) groups is 5. The van der Waals surface area contributed by atoms with Crippen LogP contribution < -0.4 is 0 Å². The summed E-state index contributed by atoms with van der Waals surface area (Å²) in [5, 5.41) is 0. The van der Waals surface area contributed by atoms with Crippen LogP contribution in [0.3, 0.4) is 0 Å². The van der Waals surface area contributed by atoms with Gasteiger partial charge in [0, 0.05) is 59.3 Å². The van der Waals surface area contributed by atoms with Crippen LogP contribution in [0.25, 0.3) is 6.08 Å². The highest BCUT2D eigenvalue weighted by Crippen LogP contribution is 2.41. The molecule has 4 aliphatic heterocycles. The van der Waals surface area contributed by atoms with E-state index in [2.05, 4.69) is 56.0 Å². The highest BCUT2D eigenvalue weighted by Gasteiger charge is 2.54. The minimum absolute atomic E-state index is 0.133.